The molecule has 4 atom stereocenters. The molecule has 4 unspecified atom stereocenters. The fraction of sp³-hybridized carbons (Fsp3) is 0.778. The zero-order valence-corrected chi connectivity index (χ0v) is 9.30. The van der Waals surface area contributed by atoms with Crippen LogP contribution in [0.4, 0.5) is 17.6 Å². The highest BCUT2D eigenvalue weighted by Gasteiger charge is 2.72. The Morgan fingerprint density at radius 2 is 1.71 bits per heavy atom. The Bertz CT molecular complexity index is 455. The van der Waals surface area contributed by atoms with Crippen LogP contribution in [0.5, 0.6) is 0 Å². The third kappa shape index (κ3) is 1.69. The molecule has 1 N–H and O–H groups in total. The Hall–Kier alpha value is -0.630. The van der Waals surface area contributed by atoms with Gasteiger partial charge in [0.1, 0.15) is 0 Å². The van der Waals surface area contributed by atoms with Gasteiger partial charge in [0.15, 0.2) is 0 Å². The molecule has 8 heteroatoms. The highest BCUT2D eigenvalue weighted by atomic mass is 32.2. The lowest BCUT2D eigenvalue weighted by Gasteiger charge is -2.33. The van der Waals surface area contributed by atoms with Gasteiger partial charge in [-0.25, -0.2) is 4.39 Å². The molecular weight excluding hydrogens is 264 g/mol. The summed E-state index contributed by atoms with van der Waals surface area (Å²) in [6.45, 7) is 0. The van der Waals surface area contributed by atoms with Crippen LogP contribution in [0.25, 0.3) is 0 Å². The molecule has 0 saturated heterocycles. The summed E-state index contributed by atoms with van der Waals surface area (Å²) in [6, 6.07) is 0. The van der Waals surface area contributed by atoms with Crippen LogP contribution in [0, 0.1) is 17.8 Å². The van der Waals surface area contributed by atoms with Crippen LogP contribution in [0.15, 0.2) is 12.2 Å². The predicted molar refractivity (Wildman–Crippen MR) is 50.3 cm³/mol. The van der Waals surface area contributed by atoms with Crippen molar-refractivity contribution in [3.8, 4) is 0 Å². The van der Waals surface area contributed by atoms with Crippen LogP contribution in [0.3, 0.4) is 0 Å². The summed E-state index contributed by atoms with van der Waals surface area (Å²) in [5, 5.41) is -4.57. The minimum Gasteiger partial charge on any atom is -0.283 e. The zero-order chi connectivity index (χ0) is 13.1. The van der Waals surface area contributed by atoms with Gasteiger partial charge in [0.2, 0.25) is 0 Å². The van der Waals surface area contributed by atoms with Gasteiger partial charge in [-0.15, -0.1) is 0 Å². The first kappa shape index (κ1) is 12.8. The van der Waals surface area contributed by atoms with Crippen LogP contribution in [-0.4, -0.2) is 24.1 Å². The average molecular weight is 274 g/mol. The topological polar surface area (TPSA) is 54.4 Å². The van der Waals surface area contributed by atoms with Crippen LogP contribution in [0.1, 0.15) is 12.8 Å². The number of hydrogen-bond acceptors (Lipinski definition) is 2. The number of rotatable bonds is 2. The molecule has 2 bridgehead atoms. The third-order valence-corrected chi connectivity index (χ3v) is 4.80. The summed E-state index contributed by atoms with van der Waals surface area (Å²) in [5.41, 5.74) is 0. The summed E-state index contributed by atoms with van der Waals surface area (Å²) >= 11 is 0. The minimum absolute atomic E-state index is 0.211. The van der Waals surface area contributed by atoms with Crippen LogP contribution < -0.4 is 0 Å². The summed E-state index contributed by atoms with van der Waals surface area (Å²) in [5.74, 6) is -2.77. The predicted octanol–water partition coefficient (Wildman–Crippen LogP) is 2.31. The van der Waals surface area contributed by atoms with Crippen molar-refractivity contribution in [1.29, 1.82) is 0 Å². The molecule has 0 aromatic carbocycles. The van der Waals surface area contributed by atoms with Crippen molar-refractivity contribution in [1.82, 2.24) is 0 Å². The molecule has 2 aliphatic carbocycles. The van der Waals surface area contributed by atoms with Crippen molar-refractivity contribution in [2.75, 3.05) is 0 Å². The molecule has 3 nitrogen and oxygen atoms in total. The molecule has 2 aliphatic rings. The quantitative estimate of drug-likeness (QED) is 0.477. The Kier molecular flexibility index (Phi) is 2.59. The van der Waals surface area contributed by atoms with Gasteiger partial charge in [0.25, 0.3) is 0 Å². The largest absolute Gasteiger partial charge is 0.440 e. The first-order valence-electron chi connectivity index (χ1n) is 4.98. The molecule has 1 saturated carbocycles. The third-order valence-electron chi connectivity index (χ3n) is 3.52. The molecule has 0 aromatic heterocycles. The van der Waals surface area contributed by atoms with E-state index in [1.165, 1.54) is 6.08 Å². The maximum absolute atomic E-state index is 14.0. The van der Waals surface area contributed by atoms with Gasteiger partial charge in [-0.1, -0.05) is 12.2 Å². The van der Waals surface area contributed by atoms with Crippen molar-refractivity contribution >= 4 is 10.1 Å². The van der Waals surface area contributed by atoms with Gasteiger partial charge < -0.3 is 0 Å². The smallest absolute Gasteiger partial charge is 0.283 e. The maximum atomic E-state index is 14.0. The highest BCUT2D eigenvalue weighted by Crippen LogP contribution is 2.56. The second kappa shape index (κ2) is 3.44. The second-order valence-electron chi connectivity index (χ2n) is 4.50. The zero-order valence-electron chi connectivity index (χ0n) is 8.48. The average Bonchev–Trinajstić information content (AvgIpc) is 2.73. The molecule has 0 aliphatic heterocycles. The van der Waals surface area contributed by atoms with Gasteiger partial charge in [0, 0.05) is 5.92 Å². The molecule has 17 heavy (non-hydrogen) atoms. The van der Waals surface area contributed by atoms with Gasteiger partial charge in [0.05, 0.1) is 0 Å². The van der Waals surface area contributed by atoms with E-state index in [-0.39, 0.29) is 12.3 Å². The lowest BCUT2D eigenvalue weighted by atomic mass is 9.88. The summed E-state index contributed by atoms with van der Waals surface area (Å²) in [7, 11) is -5.85. The van der Waals surface area contributed by atoms with Gasteiger partial charge >= 0.3 is 21.3 Å². The Morgan fingerprint density at radius 3 is 2.00 bits per heavy atom. The van der Waals surface area contributed by atoms with Gasteiger partial charge in [-0.3, -0.25) is 4.55 Å². The number of allylic oxidation sites excluding steroid dienone is 2. The van der Waals surface area contributed by atoms with Gasteiger partial charge in [-0.2, -0.15) is 21.6 Å². The minimum atomic E-state index is -5.85. The van der Waals surface area contributed by atoms with E-state index < -0.39 is 33.1 Å². The van der Waals surface area contributed by atoms with E-state index in [9.17, 15) is 26.0 Å². The van der Waals surface area contributed by atoms with Crippen molar-refractivity contribution in [3.63, 3.8) is 0 Å². The van der Waals surface area contributed by atoms with E-state index >= 15 is 0 Å². The fourth-order valence-corrected chi connectivity index (χ4v) is 3.70. The summed E-state index contributed by atoms with van der Waals surface area (Å²) in [4.78, 5) is 0. The van der Waals surface area contributed by atoms with Crippen molar-refractivity contribution < 1.29 is 30.5 Å². The number of halogens is 4. The molecule has 98 valence electrons. The molecule has 0 amide bonds. The molecule has 0 radical (unpaired) electrons. The first-order valence-corrected chi connectivity index (χ1v) is 6.42. The Balaban J connectivity index is 2.47. The van der Waals surface area contributed by atoms with Crippen LogP contribution >= 0.6 is 0 Å². The maximum Gasteiger partial charge on any atom is 0.440 e. The molecule has 1 fully saturated rings. The van der Waals surface area contributed by atoms with E-state index in [1.807, 2.05) is 0 Å². The molecule has 0 aromatic rings. The van der Waals surface area contributed by atoms with E-state index in [2.05, 4.69) is 0 Å². The van der Waals surface area contributed by atoms with Crippen LogP contribution in [-0.2, 0) is 10.1 Å². The number of alkyl halides is 4. The lowest BCUT2D eigenvalue weighted by molar-refractivity contribution is -0.218. The first-order chi connectivity index (χ1) is 7.57. The van der Waals surface area contributed by atoms with E-state index in [0.29, 0.717) is 6.42 Å². The standard InChI is InChI=1S/C9H10F4O3S/c10-8(9(11,12)13,17(14,15)16)7-4-5-1-2-6(7)3-5/h1-2,5-7H,3-4H2,(H,14,15,16). The summed E-state index contributed by atoms with van der Waals surface area (Å²) < 4.78 is 82.1. The second-order valence-corrected chi connectivity index (χ2v) is 6.05. The Morgan fingerprint density at radius 1 is 1.12 bits per heavy atom. The van der Waals surface area contributed by atoms with E-state index in [4.69, 9.17) is 4.55 Å². The van der Waals surface area contributed by atoms with Crippen LogP contribution in [0.2, 0.25) is 0 Å². The van der Waals surface area contributed by atoms with Crippen molar-refractivity contribution in [3.05, 3.63) is 12.2 Å². The van der Waals surface area contributed by atoms with Crippen molar-refractivity contribution in [2.45, 2.75) is 24.0 Å². The molecule has 0 heterocycles. The molecular formula is C9H10F4O3S. The monoisotopic (exact) mass is 274 g/mol. The molecule has 0 spiro atoms. The Labute approximate surface area is 95.2 Å². The van der Waals surface area contributed by atoms with Gasteiger partial charge in [-0.05, 0) is 24.7 Å². The van der Waals surface area contributed by atoms with E-state index in [1.54, 1.807) is 6.08 Å². The van der Waals surface area contributed by atoms with E-state index in [0.717, 1.165) is 0 Å². The SMILES string of the molecule is O=S(=O)(O)C(F)(C1CC2C=CC1C2)C(F)(F)F. The lowest BCUT2D eigenvalue weighted by Crippen LogP contribution is -2.54. The van der Waals surface area contributed by atoms with Crippen molar-refractivity contribution in [2.24, 2.45) is 17.8 Å². The molecule has 2 rings (SSSR count). The number of hydrogen-bond donors (Lipinski definition) is 1. The summed E-state index contributed by atoms with van der Waals surface area (Å²) in [6.07, 6.45) is -2.49. The fourth-order valence-electron chi connectivity index (χ4n) is 2.76. The normalized spacial score (nSPS) is 36.2. The number of fused-ring (bicyclic) bond motifs is 2. The highest BCUT2D eigenvalue weighted by molar-refractivity contribution is 7.87.